The van der Waals surface area contributed by atoms with E-state index in [1.807, 2.05) is 6.33 Å². The second kappa shape index (κ2) is 5.89. The lowest BCUT2D eigenvalue weighted by Crippen LogP contribution is -2.10. The van der Waals surface area contributed by atoms with Crippen molar-refractivity contribution in [1.82, 2.24) is 14.8 Å². The van der Waals surface area contributed by atoms with Crippen LogP contribution in [0.5, 0.6) is 0 Å². The lowest BCUT2D eigenvalue weighted by atomic mass is 9.98. The summed E-state index contributed by atoms with van der Waals surface area (Å²) in [5.41, 5.74) is 0. The summed E-state index contributed by atoms with van der Waals surface area (Å²) < 4.78 is 2.20. The molecule has 0 fully saturated rings. The highest BCUT2D eigenvalue weighted by molar-refractivity contribution is 4.97. The second-order valence-electron chi connectivity index (χ2n) is 4.44. The molecule has 1 atom stereocenters. The van der Waals surface area contributed by atoms with Crippen LogP contribution < -0.4 is 0 Å². The molecule has 1 unspecified atom stereocenters. The highest BCUT2D eigenvalue weighted by Gasteiger charge is 2.16. The summed E-state index contributed by atoms with van der Waals surface area (Å²) in [6.07, 6.45) is 6.79. The molecule has 0 aromatic carbocycles. The number of unbranched alkanes of at least 4 members (excludes halogenated alkanes) is 1. The molecule has 0 N–H and O–H groups in total. The smallest absolute Gasteiger partial charge is 0.136 e. The Balaban J connectivity index is 2.76. The Morgan fingerprint density at radius 1 is 1.33 bits per heavy atom. The van der Waals surface area contributed by atoms with E-state index in [4.69, 9.17) is 0 Å². The summed E-state index contributed by atoms with van der Waals surface area (Å²) in [5, 5.41) is 8.31. The number of aromatic nitrogens is 3. The summed E-state index contributed by atoms with van der Waals surface area (Å²) in [4.78, 5) is 0. The van der Waals surface area contributed by atoms with E-state index in [0.29, 0.717) is 12.0 Å². The highest BCUT2D eigenvalue weighted by Crippen LogP contribution is 2.25. The van der Waals surface area contributed by atoms with Crippen LogP contribution in [0.4, 0.5) is 0 Å². The molecule has 0 saturated heterocycles. The van der Waals surface area contributed by atoms with Gasteiger partial charge < -0.3 is 4.57 Å². The molecule has 0 spiro atoms. The van der Waals surface area contributed by atoms with Gasteiger partial charge in [0.2, 0.25) is 0 Å². The topological polar surface area (TPSA) is 30.7 Å². The van der Waals surface area contributed by atoms with Crippen molar-refractivity contribution in [3.63, 3.8) is 0 Å². The minimum atomic E-state index is 0.464. The fraction of sp³-hybridized carbons (Fsp3) is 0.833. The molecule has 0 aliphatic heterocycles. The van der Waals surface area contributed by atoms with Crippen LogP contribution in [-0.2, 0) is 0 Å². The first-order chi connectivity index (χ1) is 7.20. The molecule has 0 aliphatic carbocycles. The van der Waals surface area contributed by atoms with Gasteiger partial charge in [0.05, 0.1) is 0 Å². The Labute approximate surface area is 92.9 Å². The average Bonchev–Trinajstić information content (AvgIpc) is 2.68. The van der Waals surface area contributed by atoms with E-state index in [-0.39, 0.29) is 0 Å². The van der Waals surface area contributed by atoms with E-state index < -0.39 is 0 Å². The molecule has 1 heterocycles. The number of hydrogen-bond donors (Lipinski definition) is 0. The van der Waals surface area contributed by atoms with Crippen LogP contribution in [0.3, 0.4) is 0 Å². The first-order valence-corrected chi connectivity index (χ1v) is 6.10. The molecule has 1 rings (SSSR count). The Kier molecular flexibility index (Phi) is 4.79. The zero-order valence-electron chi connectivity index (χ0n) is 10.4. The highest BCUT2D eigenvalue weighted by atomic mass is 15.3. The molecule has 1 aromatic rings. The maximum atomic E-state index is 4.27. The number of rotatable bonds is 6. The van der Waals surface area contributed by atoms with E-state index in [9.17, 15) is 0 Å². The minimum Gasteiger partial charge on any atom is -0.315 e. The molecule has 0 aliphatic rings. The van der Waals surface area contributed by atoms with Gasteiger partial charge in [-0.3, -0.25) is 0 Å². The minimum absolute atomic E-state index is 0.464. The van der Waals surface area contributed by atoms with E-state index in [1.54, 1.807) is 0 Å². The molecule has 3 heteroatoms. The van der Waals surface area contributed by atoms with Crippen LogP contribution in [0, 0.1) is 0 Å². The normalized spacial score (nSPS) is 13.4. The Hall–Kier alpha value is -0.860. The SMILES string of the molecule is CCCCC(CC)c1nncn1C(C)C. The van der Waals surface area contributed by atoms with Crippen LogP contribution in [0.2, 0.25) is 0 Å². The maximum absolute atomic E-state index is 4.27. The first kappa shape index (κ1) is 12.2. The molecular weight excluding hydrogens is 186 g/mol. The van der Waals surface area contributed by atoms with Gasteiger partial charge in [-0.25, -0.2) is 0 Å². The van der Waals surface area contributed by atoms with E-state index >= 15 is 0 Å². The molecule has 0 radical (unpaired) electrons. The standard InChI is InChI=1S/C12H23N3/c1-5-7-8-11(6-2)12-14-13-9-15(12)10(3)4/h9-11H,5-8H2,1-4H3. The molecule has 3 nitrogen and oxygen atoms in total. The van der Waals surface area contributed by atoms with Crippen LogP contribution >= 0.6 is 0 Å². The van der Waals surface area contributed by atoms with E-state index in [0.717, 1.165) is 6.42 Å². The Morgan fingerprint density at radius 3 is 2.60 bits per heavy atom. The van der Waals surface area contributed by atoms with Crippen LogP contribution in [0.1, 0.15) is 71.2 Å². The van der Waals surface area contributed by atoms with E-state index in [1.165, 1.54) is 25.1 Å². The zero-order chi connectivity index (χ0) is 11.3. The van der Waals surface area contributed by atoms with Gasteiger partial charge in [-0.15, -0.1) is 10.2 Å². The summed E-state index contributed by atoms with van der Waals surface area (Å²) in [6, 6.07) is 0.464. The fourth-order valence-corrected chi connectivity index (χ4v) is 1.91. The summed E-state index contributed by atoms with van der Waals surface area (Å²) in [7, 11) is 0. The molecule has 0 amide bonds. The molecule has 0 bridgehead atoms. The van der Waals surface area contributed by atoms with Gasteiger partial charge in [0.25, 0.3) is 0 Å². The first-order valence-electron chi connectivity index (χ1n) is 6.10. The van der Waals surface area contributed by atoms with Gasteiger partial charge in [-0.2, -0.15) is 0 Å². The molecular formula is C12H23N3. The van der Waals surface area contributed by atoms with Crippen LogP contribution in [-0.4, -0.2) is 14.8 Å². The van der Waals surface area contributed by atoms with Crippen molar-refractivity contribution in [2.45, 2.75) is 65.3 Å². The Bertz CT molecular complexity index is 278. The van der Waals surface area contributed by atoms with Crippen LogP contribution in [0.15, 0.2) is 6.33 Å². The average molecular weight is 209 g/mol. The third kappa shape index (κ3) is 3.05. The predicted molar refractivity (Wildman–Crippen MR) is 63.0 cm³/mol. The van der Waals surface area contributed by atoms with Gasteiger partial charge in [-0.05, 0) is 26.7 Å². The van der Waals surface area contributed by atoms with Gasteiger partial charge in [-0.1, -0.05) is 26.7 Å². The molecule has 15 heavy (non-hydrogen) atoms. The van der Waals surface area contributed by atoms with Crippen LogP contribution in [0.25, 0.3) is 0 Å². The van der Waals surface area contributed by atoms with Crippen molar-refractivity contribution >= 4 is 0 Å². The van der Waals surface area contributed by atoms with Gasteiger partial charge in [0.15, 0.2) is 0 Å². The van der Waals surface area contributed by atoms with Crippen molar-refractivity contribution < 1.29 is 0 Å². The fourth-order valence-electron chi connectivity index (χ4n) is 1.91. The van der Waals surface area contributed by atoms with E-state index in [2.05, 4.69) is 42.5 Å². The third-order valence-electron chi connectivity index (χ3n) is 2.92. The van der Waals surface area contributed by atoms with Gasteiger partial charge in [0, 0.05) is 12.0 Å². The summed E-state index contributed by atoms with van der Waals surface area (Å²) in [6.45, 7) is 8.83. The van der Waals surface area contributed by atoms with Gasteiger partial charge >= 0.3 is 0 Å². The monoisotopic (exact) mass is 209 g/mol. The molecule has 86 valence electrons. The van der Waals surface area contributed by atoms with Crippen molar-refractivity contribution in [2.75, 3.05) is 0 Å². The Morgan fingerprint density at radius 2 is 2.07 bits per heavy atom. The third-order valence-corrected chi connectivity index (χ3v) is 2.92. The number of hydrogen-bond acceptors (Lipinski definition) is 2. The largest absolute Gasteiger partial charge is 0.315 e. The quantitative estimate of drug-likeness (QED) is 0.717. The van der Waals surface area contributed by atoms with Crippen molar-refractivity contribution in [1.29, 1.82) is 0 Å². The lowest BCUT2D eigenvalue weighted by molar-refractivity contribution is 0.484. The summed E-state index contributed by atoms with van der Waals surface area (Å²) >= 11 is 0. The van der Waals surface area contributed by atoms with Crippen molar-refractivity contribution in [3.05, 3.63) is 12.2 Å². The zero-order valence-corrected chi connectivity index (χ0v) is 10.4. The molecule has 1 aromatic heterocycles. The van der Waals surface area contributed by atoms with Crippen molar-refractivity contribution in [3.8, 4) is 0 Å². The molecule has 0 saturated carbocycles. The van der Waals surface area contributed by atoms with Crippen molar-refractivity contribution in [2.24, 2.45) is 0 Å². The number of nitrogens with zero attached hydrogens (tertiary/aromatic N) is 3. The lowest BCUT2D eigenvalue weighted by Gasteiger charge is -2.17. The predicted octanol–water partition coefficient (Wildman–Crippen LogP) is 3.54. The summed E-state index contributed by atoms with van der Waals surface area (Å²) in [5.74, 6) is 1.75. The van der Waals surface area contributed by atoms with Gasteiger partial charge in [0.1, 0.15) is 12.2 Å². The maximum Gasteiger partial charge on any atom is 0.136 e. The second-order valence-corrected chi connectivity index (χ2v) is 4.44.